The highest BCUT2D eigenvalue weighted by molar-refractivity contribution is 5.50. The van der Waals surface area contributed by atoms with Crippen LogP contribution >= 0.6 is 0 Å². The molecule has 2 heterocycles. The minimum atomic E-state index is 0.109. The summed E-state index contributed by atoms with van der Waals surface area (Å²) in [7, 11) is 1.87. The minimum absolute atomic E-state index is 0.109. The van der Waals surface area contributed by atoms with E-state index in [0.717, 1.165) is 24.6 Å². The molecule has 4 nitrogen and oxygen atoms in total. The van der Waals surface area contributed by atoms with Crippen LogP contribution in [-0.2, 0) is 12.0 Å². The minimum Gasteiger partial charge on any atom is -0.357 e. The first-order chi connectivity index (χ1) is 10.9. The van der Waals surface area contributed by atoms with Gasteiger partial charge in [-0.15, -0.1) is 0 Å². The van der Waals surface area contributed by atoms with Crippen molar-refractivity contribution in [2.45, 2.75) is 45.6 Å². The average molecular weight is 310 g/mol. The molecule has 0 saturated heterocycles. The molecule has 2 aromatic rings. The molecular weight excluding hydrogens is 284 g/mol. The van der Waals surface area contributed by atoms with Crippen LogP contribution in [-0.4, -0.2) is 23.6 Å². The quantitative estimate of drug-likeness (QED) is 0.932. The molecule has 0 aliphatic carbocycles. The summed E-state index contributed by atoms with van der Waals surface area (Å²) in [6.07, 6.45) is 0. The van der Waals surface area contributed by atoms with Crippen molar-refractivity contribution >= 4 is 11.8 Å². The summed E-state index contributed by atoms with van der Waals surface area (Å²) < 4.78 is 0. The van der Waals surface area contributed by atoms with Gasteiger partial charge in [0, 0.05) is 31.6 Å². The van der Waals surface area contributed by atoms with Gasteiger partial charge in [-0.2, -0.15) is 4.98 Å². The third-order valence-corrected chi connectivity index (χ3v) is 4.57. The highest BCUT2D eigenvalue weighted by atomic mass is 15.2. The summed E-state index contributed by atoms with van der Waals surface area (Å²) in [6.45, 7) is 10.8. The molecule has 3 rings (SSSR count). The van der Waals surface area contributed by atoms with Crippen molar-refractivity contribution < 1.29 is 0 Å². The normalized spacial score (nSPS) is 16.3. The predicted molar refractivity (Wildman–Crippen MR) is 96.2 cm³/mol. The summed E-state index contributed by atoms with van der Waals surface area (Å²) in [5.74, 6) is 2.09. The first-order valence-corrected chi connectivity index (χ1v) is 8.31. The van der Waals surface area contributed by atoms with Gasteiger partial charge in [-0.25, -0.2) is 4.98 Å². The molecule has 1 aromatic carbocycles. The molecule has 1 aliphatic heterocycles. The Balaban J connectivity index is 2.02. The van der Waals surface area contributed by atoms with Crippen LogP contribution in [0.3, 0.4) is 0 Å². The summed E-state index contributed by atoms with van der Waals surface area (Å²) >= 11 is 0. The zero-order chi connectivity index (χ0) is 16.6. The molecule has 0 radical (unpaired) electrons. The summed E-state index contributed by atoms with van der Waals surface area (Å²) in [5, 5.41) is 3.09. The van der Waals surface area contributed by atoms with Crippen molar-refractivity contribution in [2.24, 2.45) is 0 Å². The molecule has 4 heteroatoms. The molecule has 23 heavy (non-hydrogen) atoms. The topological polar surface area (TPSA) is 41.1 Å². The van der Waals surface area contributed by atoms with Crippen molar-refractivity contribution in [3.8, 4) is 0 Å². The average Bonchev–Trinajstić information content (AvgIpc) is 2.53. The predicted octanol–water partition coefficient (Wildman–Crippen LogP) is 3.94. The number of nitrogens with one attached hydrogen (secondary N) is 1. The van der Waals surface area contributed by atoms with Gasteiger partial charge in [-0.1, -0.05) is 52.0 Å². The lowest BCUT2D eigenvalue weighted by molar-refractivity contribution is 0.474. The summed E-state index contributed by atoms with van der Waals surface area (Å²) in [6, 6.07) is 10.9. The molecule has 0 amide bonds. The number of benzene rings is 1. The van der Waals surface area contributed by atoms with Crippen LogP contribution < -0.4 is 10.2 Å². The van der Waals surface area contributed by atoms with E-state index in [4.69, 9.17) is 4.98 Å². The van der Waals surface area contributed by atoms with Crippen LogP contribution in [0.25, 0.3) is 0 Å². The molecule has 0 spiro atoms. The van der Waals surface area contributed by atoms with Gasteiger partial charge in [0.1, 0.15) is 5.82 Å². The fourth-order valence-corrected chi connectivity index (χ4v) is 3.33. The van der Waals surface area contributed by atoms with E-state index in [1.54, 1.807) is 0 Å². The first kappa shape index (κ1) is 15.8. The van der Waals surface area contributed by atoms with Gasteiger partial charge in [0.05, 0.1) is 5.69 Å². The Morgan fingerprint density at radius 1 is 1.17 bits per heavy atom. The lowest BCUT2D eigenvalue weighted by atomic mass is 9.78. The maximum absolute atomic E-state index is 4.70. The van der Waals surface area contributed by atoms with Crippen molar-refractivity contribution in [3.63, 3.8) is 0 Å². The molecule has 1 aromatic heterocycles. The SMILES string of the molecule is CNc1nc(C(C)C)cc(N2Cc3ccccc3C(C)(C)C2)n1. The van der Waals surface area contributed by atoms with Gasteiger partial charge >= 0.3 is 0 Å². The maximum atomic E-state index is 4.70. The molecule has 1 aliphatic rings. The second-order valence-electron chi connectivity index (χ2n) is 7.28. The Bertz CT molecular complexity index is 706. The second-order valence-corrected chi connectivity index (χ2v) is 7.28. The Hall–Kier alpha value is -2.10. The number of rotatable bonds is 3. The Morgan fingerprint density at radius 2 is 1.91 bits per heavy atom. The largest absolute Gasteiger partial charge is 0.357 e. The number of hydrogen-bond acceptors (Lipinski definition) is 4. The summed E-state index contributed by atoms with van der Waals surface area (Å²) in [4.78, 5) is 11.6. The van der Waals surface area contributed by atoms with Crippen LogP contribution in [0.15, 0.2) is 30.3 Å². The Labute approximate surface area is 139 Å². The van der Waals surface area contributed by atoms with Gasteiger partial charge in [0.2, 0.25) is 5.95 Å². The van der Waals surface area contributed by atoms with E-state index < -0.39 is 0 Å². The second kappa shape index (κ2) is 5.84. The third-order valence-electron chi connectivity index (χ3n) is 4.57. The molecule has 0 saturated carbocycles. The fourth-order valence-electron chi connectivity index (χ4n) is 3.33. The summed E-state index contributed by atoms with van der Waals surface area (Å²) in [5.41, 5.74) is 4.02. The molecule has 0 atom stereocenters. The monoisotopic (exact) mass is 310 g/mol. The Kier molecular flexibility index (Phi) is 4.00. The molecule has 0 bridgehead atoms. The molecule has 0 fully saturated rings. The molecule has 1 N–H and O–H groups in total. The van der Waals surface area contributed by atoms with Gasteiger partial charge in [-0.05, 0) is 17.0 Å². The van der Waals surface area contributed by atoms with Gasteiger partial charge < -0.3 is 10.2 Å². The lowest BCUT2D eigenvalue weighted by Gasteiger charge is -2.40. The smallest absolute Gasteiger partial charge is 0.224 e. The van der Waals surface area contributed by atoms with Crippen LogP contribution in [0.2, 0.25) is 0 Å². The number of anilines is 2. The number of nitrogens with zero attached hydrogens (tertiary/aromatic N) is 3. The van der Waals surface area contributed by atoms with Crippen molar-refractivity contribution in [1.29, 1.82) is 0 Å². The van der Waals surface area contributed by atoms with E-state index >= 15 is 0 Å². The maximum Gasteiger partial charge on any atom is 0.224 e. The van der Waals surface area contributed by atoms with Crippen molar-refractivity contribution in [2.75, 3.05) is 23.8 Å². The van der Waals surface area contributed by atoms with E-state index in [2.05, 4.69) is 73.2 Å². The molecular formula is C19H26N4. The number of hydrogen-bond donors (Lipinski definition) is 1. The third kappa shape index (κ3) is 3.03. The van der Waals surface area contributed by atoms with E-state index in [1.807, 2.05) is 7.05 Å². The van der Waals surface area contributed by atoms with E-state index in [-0.39, 0.29) is 5.41 Å². The zero-order valence-electron chi connectivity index (χ0n) is 14.7. The van der Waals surface area contributed by atoms with E-state index in [9.17, 15) is 0 Å². The Morgan fingerprint density at radius 3 is 2.61 bits per heavy atom. The first-order valence-electron chi connectivity index (χ1n) is 8.31. The van der Waals surface area contributed by atoms with Gasteiger partial charge in [0.25, 0.3) is 0 Å². The molecule has 122 valence electrons. The highest BCUT2D eigenvalue weighted by Crippen LogP contribution is 2.35. The van der Waals surface area contributed by atoms with Crippen LogP contribution in [0.1, 0.15) is 50.4 Å². The van der Waals surface area contributed by atoms with Gasteiger partial charge in [0.15, 0.2) is 0 Å². The van der Waals surface area contributed by atoms with Crippen LogP contribution in [0.4, 0.5) is 11.8 Å². The fraction of sp³-hybridized carbons (Fsp3) is 0.474. The number of fused-ring (bicyclic) bond motifs is 1. The molecule has 0 unspecified atom stereocenters. The zero-order valence-corrected chi connectivity index (χ0v) is 14.7. The highest BCUT2D eigenvalue weighted by Gasteiger charge is 2.32. The standard InChI is InChI=1S/C19H26N4/c1-13(2)16-10-17(22-18(20-5)21-16)23-11-14-8-6-7-9-15(14)19(3,4)12-23/h6-10,13H,11-12H2,1-5H3,(H,20,21,22). The van der Waals surface area contributed by atoms with Gasteiger partial charge in [-0.3, -0.25) is 0 Å². The van der Waals surface area contributed by atoms with Crippen molar-refractivity contribution in [1.82, 2.24) is 9.97 Å². The van der Waals surface area contributed by atoms with E-state index in [1.165, 1.54) is 11.1 Å². The van der Waals surface area contributed by atoms with E-state index in [0.29, 0.717) is 11.9 Å². The lowest BCUT2D eigenvalue weighted by Crippen LogP contribution is -2.42. The number of aromatic nitrogens is 2. The van der Waals surface area contributed by atoms with Crippen molar-refractivity contribution in [3.05, 3.63) is 47.2 Å². The van der Waals surface area contributed by atoms with Crippen LogP contribution in [0.5, 0.6) is 0 Å². The van der Waals surface area contributed by atoms with Crippen LogP contribution in [0, 0.1) is 0 Å².